The Bertz CT molecular complexity index is 322. The summed E-state index contributed by atoms with van der Waals surface area (Å²) < 4.78 is 0. The summed E-state index contributed by atoms with van der Waals surface area (Å²) in [6.45, 7) is 1.97. The minimum absolute atomic E-state index is 0.291. The highest BCUT2D eigenvalue weighted by atomic mass is 16.3. The number of Topliss-reactive ketones (excluding diaryl/α,β-unsaturated/α-hetero) is 1. The van der Waals surface area contributed by atoms with Crippen molar-refractivity contribution >= 4 is 5.78 Å². The molecule has 1 aliphatic rings. The van der Waals surface area contributed by atoms with Gasteiger partial charge < -0.3 is 5.11 Å². The summed E-state index contributed by atoms with van der Waals surface area (Å²) >= 11 is 0. The van der Waals surface area contributed by atoms with Crippen molar-refractivity contribution in [2.75, 3.05) is 0 Å². The molecule has 2 nitrogen and oxygen atoms in total. The highest BCUT2D eigenvalue weighted by Gasteiger charge is 2.05. The van der Waals surface area contributed by atoms with Crippen molar-refractivity contribution in [2.45, 2.75) is 58.0 Å². The van der Waals surface area contributed by atoms with Crippen LogP contribution in [0.1, 0.15) is 63.5 Å². The highest BCUT2D eigenvalue weighted by molar-refractivity contribution is 5.78. The molecule has 2 rings (SSSR count). The minimum atomic E-state index is -0.291. The zero-order valence-electron chi connectivity index (χ0n) is 11.3. The van der Waals surface area contributed by atoms with Gasteiger partial charge in [-0.15, -0.1) is 0 Å². The van der Waals surface area contributed by atoms with E-state index in [1.165, 1.54) is 12.8 Å². The van der Waals surface area contributed by atoms with E-state index in [1.807, 2.05) is 37.3 Å². The maximum Gasteiger partial charge on any atom is 0.132 e. The summed E-state index contributed by atoms with van der Waals surface area (Å²) in [5.74, 6) is 0.475. The summed E-state index contributed by atoms with van der Waals surface area (Å²) in [4.78, 5) is 10.7. The van der Waals surface area contributed by atoms with Crippen LogP contribution in [-0.2, 0) is 4.79 Å². The lowest BCUT2D eigenvalue weighted by atomic mass is 10.1. The molecule has 1 fully saturated rings. The SMILES string of the molecule is CCC(O)c1ccccc1.O=C1CCCCCC1. The zero-order valence-corrected chi connectivity index (χ0v) is 11.3. The molecule has 0 aliphatic heterocycles. The predicted molar refractivity (Wildman–Crippen MR) is 74.4 cm³/mol. The second-order valence-electron chi connectivity index (χ2n) is 4.79. The van der Waals surface area contributed by atoms with Crippen LogP contribution in [0.5, 0.6) is 0 Å². The molecule has 1 atom stereocenters. The molecule has 1 aromatic rings. The van der Waals surface area contributed by atoms with Crippen LogP contribution in [0.25, 0.3) is 0 Å². The van der Waals surface area contributed by atoms with Gasteiger partial charge in [0.25, 0.3) is 0 Å². The van der Waals surface area contributed by atoms with E-state index in [9.17, 15) is 9.90 Å². The van der Waals surface area contributed by atoms with E-state index in [-0.39, 0.29) is 6.10 Å². The molecule has 0 radical (unpaired) electrons. The first kappa shape index (κ1) is 14.9. The van der Waals surface area contributed by atoms with Crippen LogP contribution >= 0.6 is 0 Å². The van der Waals surface area contributed by atoms with Gasteiger partial charge in [0.05, 0.1) is 6.10 Å². The monoisotopic (exact) mass is 248 g/mol. The third-order valence-electron chi connectivity index (χ3n) is 3.23. The number of hydrogen-bond donors (Lipinski definition) is 1. The molecule has 1 unspecified atom stereocenters. The summed E-state index contributed by atoms with van der Waals surface area (Å²) in [5, 5.41) is 9.33. The van der Waals surface area contributed by atoms with E-state index < -0.39 is 0 Å². The molecule has 1 aliphatic carbocycles. The third kappa shape index (κ3) is 5.97. The number of hydrogen-bond acceptors (Lipinski definition) is 2. The maximum absolute atomic E-state index is 10.7. The number of ketones is 1. The van der Waals surface area contributed by atoms with Crippen LogP contribution in [0.2, 0.25) is 0 Å². The first-order chi connectivity index (χ1) is 8.74. The Hall–Kier alpha value is -1.15. The van der Waals surface area contributed by atoms with Crippen molar-refractivity contribution in [3.8, 4) is 0 Å². The van der Waals surface area contributed by atoms with Crippen LogP contribution in [0.4, 0.5) is 0 Å². The van der Waals surface area contributed by atoms with Crippen LogP contribution < -0.4 is 0 Å². The van der Waals surface area contributed by atoms with Crippen LogP contribution in [-0.4, -0.2) is 10.9 Å². The summed E-state index contributed by atoms with van der Waals surface area (Å²) in [7, 11) is 0. The summed E-state index contributed by atoms with van der Waals surface area (Å²) in [5.41, 5.74) is 1.00. The van der Waals surface area contributed by atoms with E-state index in [0.29, 0.717) is 5.78 Å². The Labute approximate surface area is 110 Å². The smallest absolute Gasteiger partial charge is 0.132 e. The van der Waals surface area contributed by atoms with E-state index in [1.54, 1.807) is 0 Å². The predicted octanol–water partition coefficient (Wildman–Crippen LogP) is 4.04. The molecule has 1 N–H and O–H groups in total. The molecular formula is C16H24O2. The van der Waals surface area contributed by atoms with Gasteiger partial charge in [0.15, 0.2) is 0 Å². The van der Waals surface area contributed by atoms with E-state index in [0.717, 1.165) is 37.7 Å². The molecule has 0 spiro atoms. The van der Waals surface area contributed by atoms with Gasteiger partial charge in [0.2, 0.25) is 0 Å². The van der Waals surface area contributed by atoms with Crippen molar-refractivity contribution in [1.29, 1.82) is 0 Å². The quantitative estimate of drug-likeness (QED) is 0.802. The molecule has 1 aromatic carbocycles. The summed E-state index contributed by atoms with van der Waals surface area (Å²) in [6.07, 6.45) is 7.00. The molecule has 0 amide bonds. The molecule has 0 heterocycles. The molecule has 0 aromatic heterocycles. The third-order valence-corrected chi connectivity index (χ3v) is 3.23. The first-order valence-corrected chi connectivity index (χ1v) is 6.98. The van der Waals surface area contributed by atoms with E-state index in [2.05, 4.69) is 0 Å². The largest absolute Gasteiger partial charge is 0.388 e. The Morgan fingerprint density at radius 1 is 1.06 bits per heavy atom. The fraction of sp³-hybridized carbons (Fsp3) is 0.562. The molecule has 18 heavy (non-hydrogen) atoms. The van der Waals surface area contributed by atoms with Crippen molar-refractivity contribution in [3.63, 3.8) is 0 Å². The lowest BCUT2D eigenvalue weighted by Crippen LogP contribution is -1.93. The molecule has 2 heteroatoms. The number of carbonyl (C=O) groups excluding carboxylic acids is 1. The van der Waals surface area contributed by atoms with Crippen LogP contribution in [0.3, 0.4) is 0 Å². The molecule has 100 valence electrons. The number of aliphatic hydroxyl groups is 1. The van der Waals surface area contributed by atoms with Gasteiger partial charge in [-0.25, -0.2) is 0 Å². The van der Waals surface area contributed by atoms with Crippen molar-refractivity contribution in [2.24, 2.45) is 0 Å². The average molecular weight is 248 g/mol. The molecule has 1 saturated carbocycles. The van der Waals surface area contributed by atoms with Crippen LogP contribution in [0.15, 0.2) is 30.3 Å². The average Bonchev–Trinajstić information content (AvgIpc) is 2.67. The van der Waals surface area contributed by atoms with E-state index >= 15 is 0 Å². The van der Waals surface area contributed by atoms with Crippen molar-refractivity contribution < 1.29 is 9.90 Å². The van der Waals surface area contributed by atoms with Gasteiger partial charge in [-0.1, -0.05) is 50.1 Å². The second-order valence-corrected chi connectivity index (χ2v) is 4.79. The number of carbonyl (C=O) groups is 1. The second kappa shape index (κ2) is 8.87. The Kier molecular flexibility index (Phi) is 7.35. The standard InChI is InChI=1S/C9H12O.C7H12O/c1-2-9(10)8-6-4-3-5-7-8;8-7-5-3-1-2-4-6-7/h3-7,9-10H,2H2,1H3;1-6H2. The molecule has 0 bridgehead atoms. The van der Waals surface area contributed by atoms with E-state index in [4.69, 9.17) is 0 Å². The van der Waals surface area contributed by atoms with Gasteiger partial charge in [0, 0.05) is 12.8 Å². The molecular weight excluding hydrogens is 224 g/mol. The van der Waals surface area contributed by atoms with Gasteiger partial charge in [-0.3, -0.25) is 4.79 Å². The van der Waals surface area contributed by atoms with Crippen molar-refractivity contribution in [3.05, 3.63) is 35.9 Å². The summed E-state index contributed by atoms with van der Waals surface area (Å²) in [6, 6.07) is 9.70. The van der Waals surface area contributed by atoms with Gasteiger partial charge in [0.1, 0.15) is 5.78 Å². The molecule has 0 saturated heterocycles. The van der Waals surface area contributed by atoms with Gasteiger partial charge in [-0.05, 0) is 24.8 Å². The van der Waals surface area contributed by atoms with Crippen molar-refractivity contribution in [1.82, 2.24) is 0 Å². The minimum Gasteiger partial charge on any atom is -0.388 e. The van der Waals surface area contributed by atoms with Gasteiger partial charge >= 0.3 is 0 Å². The number of rotatable bonds is 2. The first-order valence-electron chi connectivity index (χ1n) is 6.98. The fourth-order valence-electron chi connectivity index (χ4n) is 2.03. The van der Waals surface area contributed by atoms with Crippen LogP contribution in [0, 0.1) is 0 Å². The lowest BCUT2D eigenvalue weighted by Gasteiger charge is -2.05. The zero-order chi connectivity index (χ0) is 13.2. The lowest BCUT2D eigenvalue weighted by molar-refractivity contribution is -0.118. The Morgan fingerprint density at radius 2 is 1.61 bits per heavy atom. The fourth-order valence-corrected chi connectivity index (χ4v) is 2.03. The Morgan fingerprint density at radius 3 is 2.11 bits per heavy atom. The number of aliphatic hydroxyl groups excluding tert-OH is 1. The maximum atomic E-state index is 10.7. The number of benzene rings is 1. The topological polar surface area (TPSA) is 37.3 Å². The van der Waals surface area contributed by atoms with Gasteiger partial charge in [-0.2, -0.15) is 0 Å². The normalized spacial score (nSPS) is 17.3. The highest BCUT2D eigenvalue weighted by Crippen LogP contribution is 2.14. The Balaban J connectivity index is 0.000000184.